The first-order chi connectivity index (χ1) is 14.0. The van der Waals surface area contributed by atoms with Crippen LogP contribution < -0.4 is 10.7 Å². The minimum atomic E-state index is -0.480. The van der Waals surface area contributed by atoms with Crippen molar-refractivity contribution in [2.75, 3.05) is 5.32 Å². The van der Waals surface area contributed by atoms with Gasteiger partial charge in [0.15, 0.2) is 5.13 Å². The van der Waals surface area contributed by atoms with Crippen LogP contribution in [0.2, 0.25) is 0 Å². The number of nitrogens with zero attached hydrogens (tertiary/aromatic N) is 3. The molecular weight excluding hydrogens is 394 g/mol. The van der Waals surface area contributed by atoms with Gasteiger partial charge in [0.25, 0.3) is 11.6 Å². The van der Waals surface area contributed by atoms with Gasteiger partial charge in [-0.25, -0.2) is 10.4 Å². The number of fused-ring (bicyclic) bond motifs is 1. The van der Waals surface area contributed by atoms with Gasteiger partial charge in [-0.05, 0) is 18.2 Å². The van der Waals surface area contributed by atoms with E-state index in [0.29, 0.717) is 27.0 Å². The zero-order valence-corrected chi connectivity index (χ0v) is 15.5. The van der Waals surface area contributed by atoms with E-state index in [0.717, 1.165) is 0 Å². The average molecular weight is 407 g/mol. The fraction of sp³-hybridized carbons (Fsp3) is 0. The number of hydrogen-bond donors (Lipinski definition) is 3. The first kappa shape index (κ1) is 18.3. The van der Waals surface area contributed by atoms with Crippen LogP contribution in [0.25, 0.3) is 11.6 Å². The number of rotatable bonds is 4. The number of nitrogens with one attached hydrogen (secondary N) is 2. The number of carbonyl (C=O) groups excluding carboxylic acids is 1. The van der Waals surface area contributed by atoms with Gasteiger partial charge in [-0.3, -0.25) is 14.9 Å². The molecule has 1 aromatic heterocycles. The molecule has 9 nitrogen and oxygen atoms in total. The standard InChI is InChI=1S/C19H13N5O4S/c25-15-7-2-1-4-11(15)8-14-17-16(10-20-23-18(14)26)29-19(22-17)21-12-5-3-6-13(9-12)24(27)28/h1-10,25H,(H,21,22)(H,23,26)/b14-8-. The zero-order valence-electron chi connectivity index (χ0n) is 14.7. The van der Waals surface area contributed by atoms with E-state index in [1.54, 1.807) is 30.3 Å². The van der Waals surface area contributed by atoms with Crippen molar-refractivity contribution in [2.24, 2.45) is 5.10 Å². The topological polar surface area (TPSA) is 130 Å². The second kappa shape index (κ2) is 7.52. The van der Waals surface area contributed by atoms with Gasteiger partial charge < -0.3 is 10.4 Å². The molecule has 0 saturated heterocycles. The lowest BCUT2D eigenvalue weighted by atomic mass is 10.1. The number of aromatic hydroxyl groups is 1. The Hall–Kier alpha value is -4.05. The maximum atomic E-state index is 12.5. The molecule has 3 N–H and O–H groups in total. The van der Waals surface area contributed by atoms with Gasteiger partial charge in [-0.15, -0.1) is 0 Å². The highest BCUT2D eigenvalue weighted by Crippen LogP contribution is 2.33. The number of phenols is 1. The first-order valence-electron chi connectivity index (χ1n) is 8.37. The Bertz CT molecular complexity index is 1180. The molecule has 10 heteroatoms. The quantitative estimate of drug-likeness (QED) is 0.345. The predicted octanol–water partition coefficient (Wildman–Crippen LogP) is 3.50. The maximum absolute atomic E-state index is 12.5. The highest BCUT2D eigenvalue weighted by Gasteiger charge is 2.23. The molecule has 1 aliphatic heterocycles. The van der Waals surface area contributed by atoms with Crippen LogP contribution in [0.1, 0.15) is 16.1 Å². The number of anilines is 2. The second-order valence-corrected chi connectivity index (χ2v) is 7.01. The fourth-order valence-corrected chi connectivity index (χ4v) is 3.57. The van der Waals surface area contributed by atoms with Gasteiger partial charge in [0.2, 0.25) is 0 Å². The molecule has 144 valence electrons. The van der Waals surface area contributed by atoms with Crippen LogP contribution in [0, 0.1) is 10.1 Å². The molecule has 2 aromatic carbocycles. The predicted molar refractivity (Wildman–Crippen MR) is 110 cm³/mol. The molecule has 0 fully saturated rings. The Morgan fingerprint density at radius 2 is 2.03 bits per heavy atom. The molecule has 0 spiro atoms. The van der Waals surface area contributed by atoms with E-state index in [4.69, 9.17) is 0 Å². The van der Waals surface area contributed by atoms with Crippen LogP contribution in [0.15, 0.2) is 53.6 Å². The number of hydrogen-bond acceptors (Lipinski definition) is 8. The van der Waals surface area contributed by atoms with E-state index in [-0.39, 0.29) is 17.0 Å². The Morgan fingerprint density at radius 3 is 2.83 bits per heavy atom. The number of thiazole rings is 1. The van der Waals surface area contributed by atoms with Crippen molar-refractivity contribution < 1.29 is 14.8 Å². The van der Waals surface area contributed by atoms with Crippen molar-refractivity contribution in [3.05, 3.63) is 74.8 Å². The summed E-state index contributed by atoms with van der Waals surface area (Å²) in [4.78, 5) is 28.0. The molecule has 0 aliphatic carbocycles. The highest BCUT2D eigenvalue weighted by atomic mass is 32.1. The molecule has 29 heavy (non-hydrogen) atoms. The lowest BCUT2D eigenvalue weighted by Crippen LogP contribution is -2.17. The molecule has 1 aliphatic rings. The van der Waals surface area contributed by atoms with E-state index >= 15 is 0 Å². The molecule has 0 bridgehead atoms. The molecule has 0 atom stereocenters. The average Bonchev–Trinajstić information content (AvgIpc) is 3.03. The SMILES string of the molecule is O=C1NN=Cc2sc(Nc3cccc([N+](=O)[O-])c3)nc2/C1=C/c1ccccc1O. The van der Waals surface area contributed by atoms with E-state index in [1.807, 2.05) is 0 Å². The summed E-state index contributed by atoms with van der Waals surface area (Å²) in [6.07, 6.45) is 3.02. The zero-order chi connectivity index (χ0) is 20.4. The third-order valence-electron chi connectivity index (χ3n) is 4.05. The van der Waals surface area contributed by atoms with Crippen molar-refractivity contribution in [3.63, 3.8) is 0 Å². The van der Waals surface area contributed by atoms with Crippen LogP contribution >= 0.6 is 11.3 Å². The van der Waals surface area contributed by atoms with Gasteiger partial charge in [0.05, 0.1) is 27.3 Å². The highest BCUT2D eigenvalue weighted by molar-refractivity contribution is 7.17. The number of amides is 1. The largest absolute Gasteiger partial charge is 0.507 e. The summed E-state index contributed by atoms with van der Waals surface area (Å²) in [6.45, 7) is 0. The normalized spacial score (nSPS) is 14.2. The third kappa shape index (κ3) is 3.82. The van der Waals surface area contributed by atoms with Gasteiger partial charge in [-0.2, -0.15) is 5.10 Å². The van der Waals surface area contributed by atoms with E-state index in [9.17, 15) is 20.0 Å². The summed E-state index contributed by atoms with van der Waals surface area (Å²) < 4.78 is 0. The third-order valence-corrected chi connectivity index (χ3v) is 4.95. The number of non-ortho nitro benzene ring substituents is 1. The smallest absolute Gasteiger partial charge is 0.273 e. The van der Waals surface area contributed by atoms with Crippen LogP contribution in [0.3, 0.4) is 0 Å². The van der Waals surface area contributed by atoms with E-state index in [1.165, 1.54) is 41.8 Å². The van der Waals surface area contributed by atoms with Crippen molar-refractivity contribution in [2.45, 2.75) is 0 Å². The van der Waals surface area contributed by atoms with Crippen LogP contribution in [0.4, 0.5) is 16.5 Å². The Balaban J connectivity index is 1.73. The fourth-order valence-electron chi connectivity index (χ4n) is 2.70. The number of benzene rings is 2. The summed E-state index contributed by atoms with van der Waals surface area (Å²) in [5, 5.41) is 28.3. The molecule has 1 amide bonds. The summed E-state index contributed by atoms with van der Waals surface area (Å²) in [7, 11) is 0. The monoisotopic (exact) mass is 407 g/mol. The minimum absolute atomic E-state index is 0.0321. The Morgan fingerprint density at radius 1 is 1.21 bits per heavy atom. The summed E-state index contributed by atoms with van der Waals surface area (Å²) in [5.41, 5.74) is 3.95. The number of nitro groups is 1. The lowest BCUT2D eigenvalue weighted by Gasteiger charge is -2.04. The van der Waals surface area contributed by atoms with Gasteiger partial charge >= 0.3 is 0 Å². The molecule has 3 aromatic rings. The summed E-state index contributed by atoms with van der Waals surface area (Å²) >= 11 is 1.24. The molecule has 0 radical (unpaired) electrons. The van der Waals surface area contributed by atoms with Gasteiger partial charge in [0, 0.05) is 23.4 Å². The van der Waals surface area contributed by atoms with Crippen molar-refractivity contribution in [1.29, 1.82) is 0 Å². The summed E-state index contributed by atoms with van der Waals surface area (Å²) in [5.74, 6) is -0.430. The molecule has 4 rings (SSSR count). The van der Waals surface area contributed by atoms with Crippen molar-refractivity contribution >= 4 is 51.6 Å². The van der Waals surface area contributed by atoms with E-state index in [2.05, 4.69) is 20.8 Å². The number of hydrazone groups is 1. The molecule has 0 unspecified atom stereocenters. The summed E-state index contributed by atoms with van der Waals surface area (Å²) in [6, 6.07) is 12.7. The molecule has 2 heterocycles. The van der Waals surface area contributed by atoms with Crippen LogP contribution in [-0.2, 0) is 4.79 Å². The Labute approximate surface area is 168 Å². The number of para-hydroxylation sites is 1. The van der Waals surface area contributed by atoms with Crippen molar-refractivity contribution in [3.8, 4) is 5.75 Å². The second-order valence-electron chi connectivity index (χ2n) is 5.98. The van der Waals surface area contributed by atoms with Crippen LogP contribution in [-0.4, -0.2) is 27.1 Å². The molecular formula is C19H13N5O4S. The minimum Gasteiger partial charge on any atom is -0.507 e. The lowest BCUT2D eigenvalue weighted by molar-refractivity contribution is -0.384. The molecule has 0 saturated carbocycles. The number of aromatic nitrogens is 1. The number of nitro benzene ring substituents is 1. The van der Waals surface area contributed by atoms with Gasteiger partial charge in [0.1, 0.15) is 5.75 Å². The maximum Gasteiger partial charge on any atom is 0.273 e. The number of carbonyl (C=O) groups is 1. The Kier molecular flexibility index (Phi) is 4.75. The van der Waals surface area contributed by atoms with Gasteiger partial charge in [-0.1, -0.05) is 35.6 Å². The van der Waals surface area contributed by atoms with Crippen molar-refractivity contribution in [1.82, 2.24) is 10.4 Å². The van der Waals surface area contributed by atoms with E-state index < -0.39 is 10.8 Å². The van der Waals surface area contributed by atoms with Crippen LogP contribution in [0.5, 0.6) is 5.75 Å². The first-order valence-corrected chi connectivity index (χ1v) is 9.18. The number of phenolic OH excluding ortho intramolecular Hbond substituents is 1.